The smallest absolute Gasteiger partial charge is 0.148 e. The molecule has 0 aliphatic rings. The maximum atomic E-state index is 5.80. The van der Waals surface area contributed by atoms with Gasteiger partial charge in [0.15, 0.2) is 0 Å². The zero-order chi connectivity index (χ0) is 8.10. The molecule has 0 amide bonds. The molecule has 0 bridgehead atoms. The molecular weight excluding hydrogens is 180 g/mol. The van der Waals surface area contributed by atoms with Crippen molar-refractivity contribution < 1.29 is 0 Å². The quantitative estimate of drug-likeness (QED) is 0.501. The number of rotatable bonds is 2. The molecule has 2 nitrogen and oxygen atoms in total. The van der Waals surface area contributed by atoms with E-state index in [1.54, 1.807) is 18.4 Å². The van der Waals surface area contributed by atoms with Crippen LogP contribution in [-0.4, -0.2) is 18.6 Å². The van der Waals surface area contributed by atoms with E-state index in [1.807, 2.05) is 17.5 Å². The van der Waals surface area contributed by atoms with Crippen molar-refractivity contribution in [3.63, 3.8) is 0 Å². The predicted octanol–water partition coefficient (Wildman–Crippen LogP) is 2.39. The molecule has 0 unspecified atom stereocenters. The fraction of sp³-hybridized carbons (Fsp3) is 0.143. The highest BCUT2D eigenvalue weighted by Crippen LogP contribution is 2.11. The second-order valence-corrected chi connectivity index (χ2v) is 3.08. The summed E-state index contributed by atoms with van der Waals surface area (Å²) in [6.45, 7) is 0. The summed E-state index contributed by atoms with van der Waals surface area (Å²) in [6.07, 6.45) is 1.43. The summed E-state index contributed by atoms with van der Waals surface area (Å²) in [6, 6.07) is 3.85. The first-order valence-electron chi connectivity index (χ1n) is 3.02. The second-order valence-electron chi connectivity index (χ2n) is 1.77. The lowest BCUT2D eigenvalue weighted by Crippen LogP contribution is -1.85. The fourth-order valence-electron chi connectivity index (χ4n) is 0.568. The number of hydrogen-bond donors (Lipinski definition) is 0. The maximum Gasteiger partial charge on any atom is 0.148 e. The van der Waals surface area contributed by atoms with Gasteiger partial charge in [0.05, 0.1) is 4.88 Å². The summed E-state index contributed by atoms with van der Waals surface area (Å²) in [7, 11) is 1.65. The average Bonchev–Trinajstić information content (AvgIpc) is 2.52. The van der Waals surface area contributed by atoms with E-state index in [1.165, 1.54) is 6.34 Å². The second kappa shape index (κ2) is 4.26. The first-order chi connectivity index (χ1) is 5.34. The molecule has 1 aromatic rings. The Morgan fingerprint density at radius 1 is 1.73 bits per heavy atom. The van der Waals surface area contributed by atoms with Crippen molar-refractivity contribution in [2.24, 2.45) is 9.98 Å². The van der Waals surface area contributed by atoms with Gasteiger partial charge >= 0.3 is 0 Å². The highest BCUT2D eigenvalue weighted by Gasteiger charge is 1.97. The van der Waals surface area contributed by atoms with Crippen molar-refractivity contribution in [1.29, 1.82) is 0 Å². The van der Waals surface area contributed by atoms with Crippen LogP contribution in [0.1, 0.15) is 4.88 Å². The van der Waals surface area contributed by atoms with Crippen LogP contribution in [-0.2, 0) is 0 Å². The van der Waals surface area contributed by atoms with E-state index >= 15 is 0 Å². The molecule has 58 valence electrons. The fourth-order valence-corrected chi connectivity index (χ4v) is 1.42. The Labute approximate surface area is 74.3 Å². The van der Waals surface area contributed by atoms with Crippen LogP contribution in [0.3, 0.4) is 0 Å². The van der Waals surface area contributed by atoms with Crippen molar-refractivity contribution in [1.82, 2.24) is 0 Å². The SMILES string of the molecule is C/N=C\N=C(\Cl)c1cccs1. The minimum atomic E-state index is 0.491. The van der Waals surface area contributed by atoms with Crippen molar-refractivity contribution in [2.75, 3.05) is 7.05 Å². The van der Waals surface area contributed by atoms with E-state index in [0.29, 0.717) is 5.17 Å². The molecule has 0 fully saturated rings. The molecule has 0 saturated carbocycles. The van der Waals surface area contributed by atoms with E-state index < -0.39 is 0 Å². The van der Waals surface area contributed by atoms with Crippen molar-refractivity contribution >= 4 is 34.4 Å². The van der Waals surface area contributed by atoms with E-state index in [4.69, 9.17) is 11.6 Å². The minimum Gasteiger partial charge on any atom is -0.277 e. The molecule has 0 atom stereocenters. The summed E-state index contributed by atoms with van der Waals surface area (Å²) in [4.78, 5) is 8.54. The molecular formula is C7H7ClN2S. The van der Waals surface area contributed by atoms with Crippen LogP contribution in [0.15, 0.2) is 27.5 Å². The molecule has 4 heteroatoms. The molecule has 0 aliphatic heterocycles. The van der Waals surface area contributed by atoms with Crippen LogP contribution in [0.2, 0.25) is 0 Å². The van der Waals surface area contributed by atoms with Gasteiger partial charge in [-0.1, -0.05) is 17.7 Å². The summed E-state index contributed by atoms with van der Waals surface area (Å²) in [5.74, 6) is 0. The number of hydrogen-bond acceptors (Lipinski definition) is 2. The maximum absolute atomic E-state index is 5.80. The Morgan fingerprint density at radius 2 is 2.55 bits per heavy atom. The summed E-state index contributed by atoms with van der Waals surface area (Å²) < 4.78 is 0. The Balaban J connectivity index is 2.77. The molecule has 1 heterocycles. The first-order valence-corrected chi connectivity index (χ1v) is 4.28. The van der Waals surface area contributed by atoms with Gasteiger partial charge in [0, 0.05) is 7.05 Å². The van der Waals surface area contributed by atoms with Gasteiger partial charge in [-0.25, -0.2) is 4.99 Å². The van der Waals surface area contributed by atoms with Crippen LogP contribution in [0.5, 0.6) is 0 Å². The molecule has 0 aliphatic carbocycles. The molecule has 0 N–H and O–H groups in total. The highest BCUT2D eigenvalue weighted by molar-refractivity contribution is 7.14. The van der Waals surface area contributed by atoms with Crippen LogP contribution in [0, 0.1) is 0 Å². The van der Waals surface area contributed by atoms with E-state index in [2.05, 4.69) is 9.98 Å². The summed E-state index contributed by atoms with van der Waals surface area (Å²) >= 11 is 7.35. The van der Waals surface area contributed by atoms with Gasteiger partial charge in [0.25, 0.3) is 0 Å². The van der Waals surface area contributed by atoms with Gasteiger partial charge in [-0.2, -0.15) is 0 Å². The Hall–Kier alpha value is -0.670. The molecule has 1 rings (SSSR count). The zero-order valence-corrected chi connectivity index (χ0v) is 7.56. The first kappa shape index (κ1) is 8.43. The van der Waals surface area contributed by atoms with Gasteiger partial charge < -0.3 is 0 Å². The third-order valence-corrected chi connectivity index (χ3v) is 2.30. The largest absolute Gasteiger partial charge is 0.277 e. The van der Waals surface area contributed by atoms with E-state index in [9.17, 15) is 0 Å². The van der Waals surface area contributed by atoms with Gasteiger partial charge in [0.2, 0.25) is 0 Å². The van der Waals surface area contributed by atoms with Crippen LogP contribution in [0.4, 0.5) is 0 Å². The average molecular weight is 187 g/mol. The van der Waals surface area contributed by atoms with E-state index in [0.717, 1.165) is 4.88 Å². The lowest BCUT2D eigenvalue weighted by Gasteiger charge is -1.86. The zero-order valence-electron chi connectivity index (χ0n) is 5.99. The minimum absolute atomic E-state index is 0.491. The predicted molar refractivity (Wildman–Crippen MR) is 51.1 cm³/mol. The van der Waals surface area contributed by atoms with Gasteiger partial charge in [0.1, 0.15) is 11.5 Å². The molecule has 0 spiro atoms. The molecule has 11 heavy (non-hydrogen) atoms. The number of aliphatic imine (C=N–C) groups is 2. The Bertz CT molecular complexity index is 264. The normalized spacial score (nSPS) is 12.7. The van der Waals surface area contributed by atoms with Crippen LogP contribution in [0.25, 0.3) is 0 Å². The number of nitrogens with zero attached hydrogens (tertiary/aromatic N) is 2. The Kier molecular flexibility index (Phi) is 3.26. The van der Waals surface area contributed by atoms with Crippen molar-refractivity contribution in [2.45, 2.75) is 0 Å². The van der Waals surface area contributed by atoms with Gasteiger partial charge in [-0.05, 0) is 11.4 Å². The Morgan fingerprint density at radius 3 is 3.09 bits per heavy atom. The highest BCUT2D eigenvalue weighted by atomic mass is 35.5. The van der Waals surface area contributed by atoms with Crippen LogP contribution >= 0.6 is 22.9 Å². The molecule has 0 aromatic carbocycles. The standard InChI is InChI=1S/C7H7ClN2S/c1-9-5-10-7(8)6-3-2-4-11-6/h2-5H,1H3/b9-5-,10-7+. The topological polar surface area (TPSA) is 24.7 Å². The third kappa shape index (κ3) is 2.44. The van der Waals surface area contributed by atoms with Crippen molar-refractivity contribution in [3.05, 3.63) is 22.4 Å². The number of halogens is 1. The monoisotopic (exact) mass is 186 g/mol. The molecule has 1 aromatic heterocycles. The lowest BCUT2D eigenvalue weighted by molar-refractivity contribution is 1.45. The van der Waals surface area contributed by atoms with Crippen LogP contribution < -0.4 is 0 Å². The third-order valence-electron chi connectivity index (χ3n) is 1.01. The molecule has 0 radical (unpaired) electrons. The number of thiophene rings is 1. The van der Waals surface area contributed by atoms with Gasteiger partial charge in [-0.3, -0.25) is 4.99 Å². The summed E-state index contributed by atoms with van der Waals surface area (Å²) in [5, 5.41) is 2.45. The van der Waals surface area contributed by atoms with Crippen molar-refractivity contribution in [3.8, 4) is 0 Å². The van der Waals surface area contributed by atoms with Gasteiger partial charge in [-0.15, -0.1) is 11.3 Å². The summed E-state index contributed by atoms with van der Waals surface area (Å²) in [5.41, 5.74) is 0. The lowest BCUT2D eigenvalue weighted by atomic mass is 10.5. The molecule has 0 saturated heterocycles. The van der Waals surface area contributed by atoms with E-state index in [-0.39, 0.29) is 0 Å².